The Hall–Kier alpha value is -14.9. The average Bonchev–Trinajstić information content (AvgIpc) is 1.61. The highest BCUT2D eigenvalue weighted by Crippen LogP contribution is 2.54. The SMILES string of the molecule is CC(C)Oc1ccc(-c2ccnc(-c3cccc4c3CCC43CC(=O)N(CCO)C3)n2)cc1C#N.CC(C)Oc1ccc(-c2cnc(-c3cccc4c3CCC43CC(=O)N(CCO)C3)cn2)cc1C#N.CC(C)Oc1ccc(-c2nc(-c3cccc4c3CCC43CCN(C4CC(C(=O)O)C4)C3)no2)cc1C#N.CC(C)Oc1ccc(-c2nc(-c3cccc4c3CCC43CCN(CC(=O)O)C3)no2)cc1C#N. The van der Waals surface area contributed by atoms with Gasteiger partial charge < -0.3 is 58.2 Å². The van der Waals surface area contributed by atoms with Crippen LogP contribution in [0.15, 0.2) is 179 Å². The van der Waals surface area contributed by atoms with Crippen molar-refractivity contribution < 1.29 is 67.6 Å². The number of fused-ring (bicyclic) bond motifs is 8. The van der Waals surface area contributed by atoms with Crippen LogP contribution in [0, 0.1) is 51.2 Å². The first-order chi connectivity index (χ1) is 68.1. The van der Waals surface area contributed by atoms with Gasteiger partial charge in [-0.05, 0) is 269 Å². The number of rotatable bonds is 24. The minimum atomic E-state index is -0.785. The zero-order chi connectivity index (χ0) is 98.8. The third-order valence-electron chi connectivity index (χ3n) is 29.1. The summed E-state index contributed by atoms with van der Waals surface area (Å²) in [5.74, 6) is 3.22. The first-order valence-corrected chi connectivity index (χ1v) is 48.5. The predicted molar refractivity (Wildman–Crippen MR) is 524 cm³/mol. The molecule has 1 saturated carbocycles. The summed E-state index contributed by atoms with van der Waals surface area (Å²) < 4.78 is 34.1. The lowest BCUT2D eigenvalue weighted by Gasteiger charge is -2.40. The van der Waals surface area contributed by atoms with Gasteiger partial charge in [0.2, 0.25) is 23.5 Å². The molecule has 30 heteroatoms. The summed E-state index contributed by atoms with van der Waals surface area (Å²) in [7, 11) is 0. The first-order valence-electron chi connectivity index (χ1n) is 48.5. The number of ether oxygens (including phenoxy) is 4. The van der Waals surface area contributed by atoms with Crippen LogP contribution in [0.4, 0.5) is 0 Å². The lowest BCUT2D eigenvalue weighted by atomic mass is 9.78. The van der Waals surface area contributed by atoms with Gasteiger partial charge in [0.05, 0.1) is 102 Å². The number of aliphatic hydroxyl groups is 2. The molecule has 720 valence electrons. The molecule has 5 aliphatic carbocycles. The summed E-state index contributed by atoms with van der Waals surface area (Å²) in [5, 5.41) is 83.9. The number of benzene rings is 8. The molecule has 5 fully saturated rings. The van der Waals surface area contributed by atoms with Crippen molar-refractivity contribution in [1.29, 1.82) is 21.0 Å². The second kappa shape index (κ2) is 40.5. The second-order valence-corrected chi connectivity index (χ2v) is 39.5. The normalized spacial score (nSPS) is 20.5. The number of carboxylic acid groups (broad SMARTS) is 2. The van der Waals surface area contributed by atoms with E-state index in [4.69, 9.17) is 42.9 Å². The molecule has 2 amide bonds. The molecule has 4 spiro atoms. The van der Waals surface area contributed by atoms with Crippen LogP contribution in [0.1, 0.15) is 186 Å². The number of likely N-dealkylation sites (tertiary alicyclic amines) is 4. The van der Waals surface area contributed by atoms with Gasteiger partial charge in [-0.15, -0.1) is 0 Å². The fourth-order valence-electron chi connectivity index (χ4n) is 22.5. The smallest absolute Gasteiger partial charge is 0.317 e. The van der Waals surface area contributed by atoms with E-state index < -0.39 is 11.9 Å². The number of hydrogen-bond donors (Lipinski definition) is 4. The summed E-state index contributed by atoms with van der Waals surface area (Å²) in [6.07, 6.45) is 17.2. The van der Waals surface area contributed by atoms with Gasteiger partial charge in [0.1, 0.15) is 47.3 Å². The fraction of sp³-hybridized carbons (Fsp3) is 0.387. The van der Waals surface area contributed by atoms with Crippen LogP contribution in [0.2, 0.25) is 0 Å². The number of nitriles is 4. The predicted octanol–water partition coefficient (Wildman–Crippen LogP) is 16.6. The van der Waals surface area contributed by atoms with Gasteiger partial charge in [-0.2, -0.15) is 31.0 Å². The summed E-state index contributed by atoms with van der Waals surface area (Å²) >= 11 is 0. The maximum Gasteiger partial charge on any atom is 0.317 e. The number of nitrogens with zero attached hydrogens (tertiary/aromatic N) is 16. The van der Waals surface area contributed by atoms with Gasteiger partial charge in [0.15, 0.2) is 5.82 Å². The minimum absolute atomic E-state index is 0.0126. The summed E-state index contributed by atoms with van der Waals surface area (Å²) in [6.45, 7) is 21.1. The van der Waals surface area contributed by atoms with Crippen molar-refractivity contribution in [2.45, 2.75) is 197 Å². The number of aliphatic carboxylic acids is 2. The molecule has 4 aliphatic heterocycles. The number of carbonyl (C=O) groups excluding carboxylic acids is 2. The summed E-state index contributed by atoms with van der Waals surface area (Å²) in [6, 6.07) is 57.6. The second-order valence-electron chi connectivity index (χ2n) is 39.5. The zero-order valence-corrected chi connectivity index (χ0v) is 80.3. The number of amides is 2. The molecular weight excluding hydrogens is 1780 g/mol. The monoisotopic (exact) mass is 1890 g/mol. The summed E-state index contributed by atoms with van der Waals surface area (Å²) in [5.41, 5.74) is 20.6. The molecule has 4 aromatic heterocycles. The highest BCUT2D eigenvalue weighted by atomic mass is 16.5. The Bertz CT molecular complexity index is 6980. The molecule has 0 radical (unpaired) electrons. The molecule has 141 heavy (non-hydrogen) atoms. The third kappa shape index (κ3) is 19.6. The van der Waals surface area contributed by atoms with E-state index in [9.17, 15) is 60.7 Å². The Kier molecular flexibility index (Phi) is 27.7. The van der Waals surface area contributed by atoms with E-state index in [1.165, 1.54) is 44.5 Å². The molecule has 9 aliphatic rings. The molecule has 4 unspecified atom stereocenters. The van der Waals surface area contributed by atoms with E-state index in [0.717, 1.165) is 148 Å². The van der Waals surface area contributed by atoms with Crippen molar-refractivity contribution >= 4 is 23.8 Å². The molecule has 12 aromatic rings. The molecule has 21 rings (SSSR count). The van der Waals surface area contributed by atoms with Crippen molar-refractivity contribution in [2.24, 2.45) is 5.92 Å². The summed E-state index contributed by atoms with van der Waals surface area (Å²) in [4.78, 5) is 83.8. The average molecular weight is 1890 g/mol. The highest BCUT2D eigenvalue weighted by molar-refractivity contribution is 5.84. The third-order valence-corrected chi connectivity index (χ3v) is 29.1. The van der Waals surface area contributed by atoms with Crippen LogP contribution < -0.4 is 18.9 Å². The largest absolute Gasteiger partial charge is 0.490 e. The van der Waals surface area contributed by atoms with Crippen LogP contribution >= 0.6 is 0 Å². The van der Waals surface area contributed by atoms with E-state index >= 15 is 0 Å². The number of β-amino-alcohol motifs (C(OH)–C–C–N with tert-alkyl or cyclic N) is 2. The Labute approximate surface area is 818 Å². The lowest BCUT2D eigenvalue weighted by molar-refractivity contribution is -0.147. The number of aromatic nitrogens is 8. The van der Waals surface area contributed by atoms with Gasteiger partial charge >= 0.3 is 11.9 Å². The van der Waals surface area contributed by atoms with Crippen LogP contribution in [0.5, 0.6) is 23.0 Å². The van der Waals surface area contributed by atoms with Crippen molar-refractivity contribution in [3.05, 3.63) is 237 Å². The molecule has 8 aromatic carbocycles. The van der Waals surface area contributed by atoms with Gasteiger partial charge in [-0.1, -0.05) is 83.1 Å². The van der Waals surface area contributed by atoms with E-state index in [-0.39, 0.29) is 83.6 Å². The molecule has 4 N–H and O–H groups in total. The molecule has 0 bridgehead atoms. The standard InChI is InChI=1S/C29H30N4O4.2C28H28N4O3.C26H26N4O4/c1-17(2)36-25-7-6-18(12-20(25)15-30)27-31-26(32-37-27)23-4-3-5-24-22(23)8-9-29(24)10-11-33(16-29)21-13-19(14-21)28(34)35;1-18(2)35-25-7-6-19(14-20(25)16-29)24-9-11-30-27(31-24)22-4-3-5-23-21(22)8-10-28(23)15-26(34)32(17-28)12-13-33;1-18(2)35-26-7-6-19(12-20(26)14-29)24-15-31-25(16-30-24)22-4-3-5-23-21(22)8-9-28(23)13-27(34)32(17-28)10-11-33;1-16(2)33-22-7-6-17(12-18(22)13-27)25-28-24(29-34-25)20-4-3-5-21-19(20)8-9-26(21)10-11-30(15-26)14-23(31)32/h3-7,12,17,19,21H,8-11,13-14,16H2,1-2H3,(H,34,35);3-7,9,11,14,18,33H,8,10,12-13,15,17H2,1-2H3;3-7,12,15-16,18,33H,8-11,13,17H2,1-2H3;3-7,12,16H,8-11,14-15H2,1-2H3,(H,31,32). The maximum absolute atomic E-state index is 12.6. The van der Waals surface area contributed by atoms with Gasteiger partial charge in [0, 0.05) is 131 Å². The Morgan fingerprint density at radius 3 is 1.26 bits per heavy atom. The molecule has 4 saturated heterocycles. The first kappa shape index (κ1) is 96.4. The minimum Gasteiger partial charge on any atom is -0.490 e. The molecule has 4 atom stereocenters. The zero-order valence-electron chi connectivity index (χ0n) is 80.3. The van der Waals surface area contributed by atoms with Gasteiger partial charge in [-0.25, -0.2) is 9.97 Å². The van der Waals surface area contributed by atoms with Crippen molar-refractivity contribution in [3.63, 3.8) is 0 Å². The van der Waals surface area contributed by atoms with Crippen molar-refractivity contribution in [2.75, 3.05) is 72.1 Å². The van der Waals surface area contributed by atoms with Crippen LogP contribution in [-0.2, 0) is 66.5 Å². The van der Waals surface area contributed by atoms with Crippen molar-refractivity contribution in [3.8, 4) is 138 Å². The van der Waals surface area contributed by atoms with Crippen LogP contribution in [-0.4, -0.2) is 207 Å². The van der Waals surface area contributed by atoms with Crippen LogP contribution in [0.25, 0.3) is 90.8 Å². The van der Waals surface area contributed by atoms with Gasteiger partial charge in [-0.3, -0.25) is 38.9 Å². The van der Waals surface area contributed by atoms with Gasteiger partial charge in [0.25, 0.3) is 11.8 Å². The van der Waals surface area contributed by atoms with E-state index in [0.29, 0.717) is 136 Å². The van der Waals surface area contributed by atoms with Crippen LogP contribution in [0.3, 0.4) is 0 Å². The number of aliphatic hydroxyl groups excluding tert-OH is 2. The lowest BCUT2D eigenvalue weighted by Crippen LogP contribution is -2.47. The molecule has 8 heterocycles. The van der Waals surface area contributed by atoms with E-state index in [1.807, 2.05) is 127 Å². The number of hydrogen-bond acceptors (Lipinski definition) is 26. The quantitative estimate of drug-likeness (QED) is 0.0436. The van der Waals surface area contributed by atoms with E-state index in [1.54, 1.807) is 70.9 Å². The topological polar surface area (TPSA) is 424 Å². The molecular formula is C111H112N16O14. The molecule has 30 nitrogen and oxygen atoms in total. The Morgan fingerprint density at radius 2 is 0.830 bits per heavy atom. The van der Waals surface area contributed by atoms with Crippen molar-refractivity contribution in [1.82, 2.24) is 59.8 Å². The number of carboxylic acids is 2. The Morgan fingerprint density at radius 1 is 0.440 bits per heavy atom. The number of carbonyl (C=O) groups is 4. The maximum atomic E-state index is 12.6. The highest BCUT2D eigenvalue weighted by Gasteiger charge is 2.53. The fourth-order valence-corrected chi connectivity index (χ4v) is 22.5. The Balaban J connectivity index is 0.000000124. The van der Waals surface area contributed by atoms with E-state index in [2.05, 4.69) is 96.9 Å².